The minimum atomic E-state index is 0.267. The van der Waals surface area contributed by atoms with Gasteiger partial charge in [-0.25, -0.2) is 44.9 Å². The average molecular weight is 676 g/mol. The Balaban J connectivity index is 0.000000169. The van der Waals surface area contributed by atoms with Crippen molar-refractivity contribution in [3.63, 3.8) is 0 Å². The van der Waals surface area contributed by atoms with E-state index in [1.54, 1.807) is 0 Å². The number of fused-ring (bicyclic) bond motifs is 3. The van der Waals surface area contributed by atoms with Gasteiger partial charge in [-0.2, -0.15) is 0 Å². The summed E-state index contributed by atoms with van der Waals surface area (Å²) < 4.78 is 0. The molecule has 2 N–H and O–H groups in total. The zero-order valence-electron chi connectivity index (χ0n) is 32.8. The summed E-state index contributed by atoms with van der Waals surface area (Å²) in [5, 5.41) is 1.17. The van der Waals surface area contributed by atoms with Gasteiger partial charge in [0.1, 0.15) is 39.8 Å². The molecule has 50 heavy (non-hydrogen) atoms. The Kier molecular flexibility index (Phi) is 11.4. The van der Waals surface area contributed by atoms with Gasteiger partial charge < -0.3 is 5.73 Å². The first-order chi connectivity index (χ1) is 23.3. The van der Waals surface area contributed by atoms with E-state index in [1.165, 1.54) is 22.1 Å². The number of nitrogens with zero attached hydrogens (tertiary/aromatic N) is 10. The van der Waals surface area contributed by atoms with Gasteiger partial charge in [0.25, 0.3) is 0 Å². The van der Waals surface area contributed by atoms with Crippen LogP contribution in [0, 0.1) is 69.2 Å². The van der Waals surface area contributed by atoms with Crippen LogP contribution in [0.15, 0.2) is 0 Å². The van der Waals surface area contributed by atoms with Crippen LogP contribution in [0.4, 0.5) is 5.82 Å². The maximum Gasteiger partial charge on any atom is 0.153 e. The van der Waals surface area contributed by atoms with Crippen molar-refractivity contribution in [2.24, 2.45) is 0 Å². The number of rotatable bonds is 3. The average Bonchev–Trinajstić information content (AvgIpc) is 3.02. The van der Waals surface area contributed by atoms with E-state index >= 15 is 0 Å². The van der Waals surface area contributed by atoms with E-state index in [-0.39, 0.29) is 5.92 Å². The molecule has 11 nitrogen and oxygen atoms in total. The molecule has 6 aromatic rings. The first kappa shape index (κ1) is 38.0. The van der Waals surface area contributed by atoms with Crippen molar-refractivity contribution in [1.29, 1.82) is 0 Å². The largest absolute Gasteiger partial charge is 0.382 e. The molecule has 0 aromatic carbocycles. The minimum Gasteiger partial charge on any atom is -0.382 e. The quantitative estimate of drug-likeness (QED) is 0.192. The van der Waals surface area contributed by atoms with Gasteiger partial charge >= 0.3 is 0 Å². The molecule has 6 rings (SSSR count). The molecular weight excluding hydrogens is 623 g/mol. The van der Waals surface area contributed by atoms with E-state index in [9.17, 15) is 0 Å². The summed E-state index contributed by atoms with van der Waals surface area (Å²) in [7, 11) is 0. The summed E-state index contributed by atoms with van der Waals surface area (Å²) in [5.41, 5.74) is 20.0. The van der Waals surface area contributed by atoms with E-state index in [0.29, 0.717) is 29.0 Å². The second-order valence-corrected chi connectivity index (χ2v) is 14.1. The van der Waals surface area contributed by atoms with E-state index in [4.69, 9.17) is 10.7 Å². The fourth-order valence-electron chi connectivity index (χ4n) is 5.94. The molecule has 0 saturated heterocycles. The van der Waals surface area contributed by atoms with Gasteiger partial charge in [-0.1, -0.05) is 41.5 Å². The van der Waals surface area contributed by atoms with Crippen molar-refractivity contribution in [2.75, 3.05) is 5.73 Å². The number of hydrogen-bond donors (Lipinski definition) is 1. The Morgan fingerprint density at radius 1 is 0.360 bits per heavy atom. The Labute approximate surface area is 296 Å². The molecule has 0 aliphatic rings. The zero-order valence-corrected chi connectivity index (χ0v) is 32.8. The van der Waals surface area contributed by atoms with Crippen LogP contribution >= 0.6 is 0 Å². The number of nitrogens with two attached hydrogens (primary N) is 1. The normalized spacial score (nSPS) is 11.4. The molecule has 0 spiro atoms. The second kappa shape index (κ2) is 15.0. The maximum absolute atomic E-state index is 5.85. The standard InChI is InChI=1S/2C14H19N3.C11H15N5/c1-7(2)14-16-10(5)12-8(3)9(4)15-11(6)13(12)17-14;1-7(2)12-8(3)9(4)13-14(17-12)10(5)15-11(6)16-13;1-5(2)11-13-6(3)8-9(16-11)10(12)15-7(4)14-8/h2*7H,1-6H3;5H,1-4H3,(H2,12,14,15). The van der Waals surface area contributed by atoms with Crippen LogP contribution in [0.1, 0.15) is 133 Å². The molecule has 264 valence electrons. The van der Waals surface area contributed by atoms with E-state index in [0.717, 1.165) is 73.7 Å². The third-order valence-electron chi connectivity index (χ3n) is 8.86. The molecule has 0 bridgehead atoms. The lowest BCUT2D eigenvalue weighted by atomic mass is 9.99. The molecule has 0 aliphatic carbocycles. The monoisotopic (exact) mass is 675 g/mol. The van der Waals surface area contributed by atoms with Crippen LogP contribution in [0.3, 0.4) is 0 Å². The Morgan fingerprint density at radius 2 is 0.840 bits per heavy atom. The van der Waals surface area contributed by atoms with Crippen LogP contribution in [0.2, 0.25) is 0 Å². The van der Waals surface area contributed by atoms with Gasteiger partial charge in [0, 0.05) is 34.3 Å². The molecule has 6 aromatic heterocycles. The van der Waals surface area contributed by atoms with Gasteiger partial charge in [-0.15, -0.1) is 0 Å². The lowest BCUT2D eigenvalue weighted by Gasteiger charge is -2.14. The fraction of sp³-hybridized carbons (Fsp3) is 0.487. The first-order valence-corrected chi connectivity index (χ1v) is 17.3. The summed E-state index contributed by atoms with van der Waals surface area (Å²) in [6.07, 6.45) is 0. The number of hydrogen-bond acceptors (Lipinski definition) is 11. The fourth-order valence-corrected chi connectivity index (χ4v) is 5.94. The summed E-state index contributed by atoms with van der Waals surface area (Å²) in [6, 6.07) is 0. The van der Waals surface area contributed by atoms with Gasteiger partial charge in [0.15, 0.2) is 5.82 Å². The molecule has 0 saturated carbocycles. The van der Waals surface area contributed by atoms with Gasteiger partial charge in [0.05, 0.1) is 28.1 Å². The Morgan fingerprint density at radius 3 is 1.42 bits per heavy atom. The predicted octanol–water partition coefficient (Wildman–Crippen LogP) is 8.51. The molecule has 0 amide bonds. The summed E-state index contributed by atoms with van der Waals surface area (Å²) in [6.45, 7) is 32.8. The molecule has 0 radical (unpaired) electrons. The van der Waals surface area contributed by atoms with Crippen molar-refractivity contribution in [2.45, 2.75) is 129 Å². The van der Waals surface area contributed by atoms with E-state index < -0.39 is 0 Å². The van der Waals surface area contributed by atoms with Crippen molar-refractivity contribution >= 4 is 38.8 Å². The molecule has 0 atom stereocenters. The minimum absolute atomic E-state index is 0.267. The third kappa shape index (κ3) is 7.82. The predicted molar refractivity (Wildman–Crippen MR) is 204 cm³/mol. The summed E-state index contributed by atoms with van der Waals surface area (Å²) >= 11 is 0. The van der Waals surface area contributed by atoms with Crippen molar-refractivity contribution in [3.05, 3.63) is 74.2 Å². The molecule has 0 unspecified atom stereocenters. The highest BCUT2D eigenvalue weighted by atomic mass is 15.0. The van der Waals surface area contributed by atoms with Crippen LogP contribution in [-0.4, -0.2) is 49.8 Å². The highest BCUT2D eigenvalue weighted by Gasteiger charge is 2.16. The van der Waals surface area contributed by atoms with E-state index in [1.807, 2.05) is 55.4 Å². The van der Waals surface area contributed by atoms with Gasteiger partial charge in [-0.05, 0) is 91.8 Å². The lowest BCUT2D eigenvalue weighted by Crippen LogP contribution is -2.06. The van der Waals surface area contributed by atoms with Crippen LogP contribution in [0.25, 0.3) is 33.0 Å². The van der Waals surface area contributed by atoms with Crippen LogP contribution in [-0.2, 0) is 0 Å². The van der Waals surface area contributed by atoms with Gasteiger partial charge in [0.2, 0.25) is 0 Å². The topological polar surface area (TPSA) is 155 Å². The van der Waals surface area contributed by atoms with Crippen molar-refractivity contribution in [3.8, 4) is 0 Å². The SMILES string of the molecule is Cc1nc(C)c2nc(C(C)C)c(C)c(C)c2n1.Cc1nc(C)c2nc(C(C)C)nc(C)c2c1C.Cc1nc(N)c2nc(C(C)C)nc(C)c2n1. The molecule has 11 heteroatoms. The zero-order chi connectivity index (χ0) is 37.4. The highest BCUT2D eigenvalue weighted by molar-refractivity contribution is 5.87. The smallest absolute Gasteiger partial charge is 0.153 e. The highest BCUT2D eigenvalue weighted by Crippen LogP contribution is 2.27. The number of nitrogen functional groups attached to an aromatic ring is 1. The van der Waals surface area contributed by atoms with Crippen molar-refractivity contribution in [1.82, 2.24) is 49.8 Å². The summed E-state index contributed by atoms with van der Waals surface area (Å²) in [4.78, 5) is 44.8. The molecule has 6 heterocycles. The molecular formula is C39H53N11. The Hall–Kier alpha value is -4.80. The second-order valence-electron chi connectivity index (χ2n) is 14.1. The maximum atomic E-state index is 5.85. The van der Waals surface area contributed by atoms with Crippen LogP contribution < -0.4 is 5.73 Å². The number of anilines is 1. The third-order valence-corrected chi connectivity index (χ3v) is 8.86. The summed E-state index contributed by atoms with van der Waals surface area (Å²) in [5.74, 6) is 4.62. The van der Waals surface area contributed by atoms with Gasteiger partial charge in [-0.3, -0.25) is 4.98 Å². The van der Waals surface area contributed by atoms with Crippen LogP contribution in [0.5, 0.6) is 0 Å². The molecule has 0 aliphatic heterocycles. The first-order valence-electron chi connectivity index (χ1n) is 17.3. The molecule has 0 fully saturated rings. The number of aryl methyl sites for hydroxylation is 9. The van der Waals surface area contributed by atoms with E-state index in [2.05, 4.69) is 100 Å². The van der Waals surface area contributed by atoms with Crippen molar-refractivity contribution < 1.29 is 0 Å². The Bertz CT molecular complexity index is 2220. The lowest BCUT2D eigenvalue weighted by molar-refractivity contribution is 0.774. The number of aromatic nitrogens is 10. The number of pyridine rings is 2.